The molecule has 0 bridgehead atoms. The summed E-state index contributed by atoms with van der Waals surface area (Å²) in [7, 11) is 0. The van der Waals surface area contributed by atoms with Gasteiger partial charge in [0.2, 0.25) is 5.91 Å². The lowest BCUT2D eigenvalue weighted by Crippen LogP contribution is -2.37. The van der Waals surface area contributed by atoms with Gasteiger partial charge >= 0.3 is 0 Å². The minimum Gasteiger partial charge on any atom is -0.326 e. The predicted molar refractivity (Wildman–Crippen MR) is 117 cm³/mol. The Morgan fingerprint density at radius 1 is 0.931 bits per heavy atom. The number of Topliss-reactive ketones (excluding diaryl/α,β-unsaturated/α-hetero) is 1. The average molecular weight is 404 g/mol. The van der Waals surface area contributed by atoms with Crippen LogP contribution in [-0.2, 0) is 9.59 Å². The molecule has 1 aliphatic heterocycles. The van der Waals surface area contributed by atoms with Crippen LogP contribution in [0.5, 0.6) is 0 Å². The Kier molecular flexibility index (Phi) is 5.14. The third-order valence-corrected chi connectivity index (χ3v) is 5.42. The largest absolute Gasteiger partial charge is 0.326 e. The molecule has 1 amide bonds. The maximum absolute atomic E-state index is 12.5. The molecule has 0 radical (unpaired) electrons. The Labute approximate surface area is 173 Å². The number of hydrogen-bond acceptors (Lipinski definition) is 6. The van der Waals surface area contributed by atoms with Crippen molar-refractivity contribution in [3.05, 3.63) is 77.0 Å². The second kappa shape index (κ2) is 7.89. The van der Waals surface area contributed by atoms with Crippen LogP contribution in [0.25, 0.3) is 0 Å². The Balaban J connectivity index is 1.80. The molecule has 0 spiro atoms. The third kappa shape index (κ3) is 3.77. The minimum atomic E-state index is -0.275. The number of ketones is 1. The van der Waals surface area contributed by atoms with Gasteiger partial charge in [0.1, 0.15) is 0 Å². The molecule has 1 aromatic heterocycles. The summed E-state index contributed by atoms with van der Waals surface area (Å²) in [6, 6.07) is 21.3. The van der Waals surface area contributed by atoms with E-state index in [1.165, 1.54) is 13.8 Å². The molecule has 6 nitrogen and oxygen atoms in total. The van der Waals surface area contributed by atoms with Gasteiger partial charge in [-0.05, 0) is 47.8 Å². The van der Waals surface area contributed by atoms with Gasteiger partial charge in [0.15, 0.2) is 17.8 Å². The molecule has 2 aromatic carbocycles. The van der Waals surface area contributed by atoms with E-state index >= 15 is 0 Å². The highest BCUT2D eigenvalue weighted by atomic mass is 32.1. The van der Waals surface area contributed by atoms with E-state index in [0.717, 1.165) is 16.3 Å². The van der Waals surface area contributed by atoms with Crippen LogP contribution in [0.4, 0.5) is 17.1 Å². The van der Waals surface area contributed by atoms with Crippen molar-refractivity contribution in [3.63, 3.8) is 0 Å². The van der Waals surface area contributed by atoms with Gasteiger partial charge in [0, 0.05) is 30.1 Å². The predicted octanol–water partition coefficient (Wildman–Crippen LogP) is 4.63. The molecule has 1 aliphatic rings. The number of carbonyl (C=O) groups excluding carboxylic acids is 2. The molecule has 3 aromatic rings. The first-order valence-electron chi connectivity index (χ1n) is 9.18. The number of nitrogens with one attached hydrogen (secondary N) is 1. The molecule has 2 heterocycles. The highest BCUT2D eigenvalue weighted by molar-refractivity contribution is 7.10. The third-order valence-electron chi connectivity index (χ3n) is 4.51. The van der Waals surface area contributed by atoms with E-state index in [4.69, 9.17) is 0 Å². The second-order valence-corrected chi connectivity index (χ2v) is 7.63. The molecule has 0 aliphatic carbocycles. The molecule has 0 saturated heterocycles. The number of hydrazone groups is 1. The van der Waals surface area contributed by atoms with E-state index in [2.05, 4.69) is 10.4 Å². The van der Waals surface area contributed by atoms with Crippen LogP contribution in [-0.4, -0.2) is 17.5 Å². The molecule has 7 heteroatoms. The Morgan fingerprint density at radius 3 is 2.24 bits per heavy atom. The molecule has 0 fully saturated rings. The van der Waals surface area contributed by atoms with Crippen LogP contribution in [0.3, 0.4) is 0 Å². The van der Waals surface area contributed by atoms with Crippen LogP contribution < -0.4 is 15.2 Å². The summed E-state index contributed by atoms with van der Waals surface area (Å²) in [6.07, 6.45) is -0.275. The normalized spacial score (nSPS) is 15.9. The molecular formula is C22H20N4O2S. The number of hydrogen-bond donors (Lipinski definition) is 1. The smallest absolute Gasteiger partial charge is 0.221 e. The fourth-order valence-corrected chi connectivity index (χ4v) is 4.11. The quantitative estimate of drug-likeness (QED) is 0.673. The lowest BCUT2D eigenvalue weighted by molar-refractivity contribution is -0.114. The SMILES string of the molecule is CC(=O)Nc1ccc(N2C(C(C)=O)=NN(c3ccccc3)[C@@H]2c2cccs2)cc1. The van der Waals surface area contributed by atoms with Crippen molar-refractivity contribution in [2.24, 2.45) is 5.10 Å². The Bertz CT molecular complexity index is 1050. The van der Waals surface area contributed by atoms with Crippen molar-refractivity contribution in [1.29, 1.82) is 0 Å². The number of benzene rings is 2. The number of amides is 1. The van der Waals surface area contributed by atoms with Gasteiger partial charge in [-0.15, -0.1) is 16.4 Å². The van der Waals surface area contributed by atoms with Crippen LogP contribution in [0.2, 0.25) is 0 Å². The van der Waals surface area contributed by atoms with Gasteiger partial charge in [-0.3, -0.25) is 14.5 Å². The van der Waals surface area contributed by atoms with Gasteiger partial charge in [-0.1, -0.05) is 24.3 Å². The summed E-state index contributed by atoms with van der Waals surface area (Å²) in [6.45, 7) is 3.00. The number of anilines is 3. The van der Waals surface area contributed by atoms with Gasteiger partial charge in [-0.2, -0.15) is 0 Å². The van der Waals surface area contributed by atoms with Crippen molar-refractivity contribution in [2.45, 2.75) is 20.0 Å². The fraction of sp³-hybridized carbons (Fsp3) is 0.136. The Hall–Kier alpha value is -3.45. The molecule has 0 unspecified atom stereocenters. The summed E-state index contributed by atoms with van der Waals surface area (Å²) >= 11 is 1.62. The zero-order chi connectivity index (χ0) is 20.4. The molecule has 0 saturated carbocycles. The van der Waals surface area contributed by atoms with E-state index in [9.17, 15) is 9.59 Å². The summed E-state index contributed by atoms with van der Waals surface area (Å²) in [4.78, 5) is 26.8. The first-order chi connectivity index (χ1) is 14.0. The van der Waals surface area contributed by atoms with Gasteiger partial charge in [0.25, 0.3) is 0 Å². The lowest BCUT2D eigenvalue weighted by Gasteiger charge is -2.31. The lowest BCUT2D eigenvalue weighted by atomic mass is 10.2. The average Bonchev–Trinajstić information content (AvgIpc) is 3.36. The van der Waals surface area contributed by atoms with Crippen LogP contribution >= 0.6 is 11.3 Å². The molecule has 146 valence electrons. The number of carbonyl (C=O) groups is 2. The summed E-state index contributed by atoms with van der Waals surface area (Å²) in [5.74, 6) is 0.132. The van der Waals surface area contributed by atoms with E-state index in [0.29, 0.717) is 11.5 Å². The maximum Gasteiger partial charge on any atom is 0.221 e. The molecule has 1 atom stereocenters. The van der Waals surface area contributed by atoms with Crippen molar-refractivity contribution >= 4 is 45.9 Å². The summed E-state index contributed by atoms with van der Waals surface area (Å²) in [5.41, 5.74) is 2.43. The van der Waals surface area contributed by atoms with Crippen molar-refractivity contribution in [3.8, 4) is 0 Å². The molecule has 4 rings (SSSR count). The number of rotatable bonds is 5. The van der Waals surface area contributed by atoms with E-state index in [-0.39, 0.29) is 17.9 Å². The zero-order valence-electron chi connectivity index (χ0n) is 16.1. The first-order valence-corrected chi connectivity index (χ1v) is 10.1. The van der Waals surface area contributed by atoms with E-state index in [1.54, 1.807) is 11.3 Å². The first kappa shape index (κ1) is 18.9. The second-order valence-electron chi connectivity index (χ2n) is 6.65. The molecule has 1 N–H and O–H groups in total. The van der Waals surface area contributed by atoms with Crippen LogP contribution in [0.1, 0.15) is 24.9 Å². The van der Waals surface area contributed by atoms with Crippen molar-refractivity contribution in [1.82, 2.24) is 0 Å². The molecule has 29 heavy (non-hydrogen) atoms. The Morgan fingerprint density at radius 2 is 1.66 bits per heavy atom. The standard InChI is InChI=1S/C22H20N4O2S/c1-15(27)21-24-26(19-7-4-3-5-8-19)22(20-9-6-14-29-20)25(21)18-12-10-17(11-13-18)23-16(2)28/h3-14,22H,1-2H3,(H,23,28)/t22-/m1/s1. The highest BCUT2D eigenvalue weighted by Gasteiger charge is 2.39. The van der Waals surface area contributed by atoms with Gasteiger partial charge < -0.3 is 5.32 Å². The van der Waals surface area contributed by atoms with Gasteiger partial charge in [0.05, 0.1) is 5.69 Å². The number of nitrogens with zero attached hydrogens (tertiary/aromatic N) is 3. The number of thiophene rings is 1. The van der Waals surface area contributed by atoms with Crippen LogP contribution in [0.15, 0.2) is 77.2 Å². The van der Waals surface area contributed by atoms with Crippen molar-refractivity contribution < 1.29 is 9.59 Å². The van der Waals surface area contributed by atoms with Gasteiger partial charge in [-0.25, -0.2) is 5.01 Å². The van der Waals surface area contributed by atoms with E-state index in [1.807, 2.05) is 82.0 Å². The molecular weight excluding hydrogens is 384 g/mol. The zero-order valence-corrected chi connectivity index (χ0v) is 16.9. The van der Waals surface area contributed by atoms with Crippen LogP contribution in [0, 0.1) is 0 Å². The fourth-order valence-electron chi connectivity index (χ4n) is 3.31. The van der Waals surface area contributed by atoms with E-state index < -0.39 is 0 Å². The summed E-state index contributed by atoms with van der Waals surface area (Å²) in [5, 5.41) is 11.3. The maximum atomic E-state index is 12.5. The monoisotopic (exact) mass is 404 g/mol. The number of para-hydroxylation sites is 1. The summed E-state index contributed by atoms with van der Waals surface area (Å²) < 4.78 is 0. The number of amidine groups is 1. The van der Waals surface area contributed by atoms with Crippen molar-refractivity contribution in [2.75, 3.05) is 15.2 Å². The topological polar surface area (TPSA) is 65.0 Å². The minimum absolute atomic E-state index is 0.115. The highest BCUT2D eigenvalue weighted by Crippen LogP contribution is 2.40.